The minimum Gasteiger partial charge on any atom is -0.389 e. The molecule has 3 aromatic rings. The zero-order valence-corrected chi connectivity index (χ0v) is 18.0. The van der Waals surface area contributed by atoms with Crippen LogP contribution in [0.15, 0.2) is 84.9 Å². The maximum absolute atomic E-state index is 13.7. The highest BCUT2D eigenvalue weighted by molar-refractivity contribution is 6.07. The molecule has 2 atom stereocenters. The SMILES string of the molecule is O=C1NC(Cc2ccccc2)(c2ccccc2)C(=O)N1CC(O)COCc1ccccc1F. The van der Waals surface area contributed by atoms with E-state index in [-0.39, 0.29) is 26.2 Å². The number of β-amino-alcohol motifs (C(OH)–C–C–N with tert-alkyl or cyclic N) is 1. The molecule has 3 amide bonds. The van der Waals surface area contributed by atoms with Crippen LogP contribution in [-0.4, -0.2) is 41.2 Å². The van der Waals surface area contributed by atoms with Gasteiger partial charge in [-0.05, 0) is 17.2 Å². The molecule has 6 nitrogen and oxygen atoms in total. The van der Waals surface area contributed by atoms with Gasteiger partial charge in [0.15, 0.2) is 5.54 Å². The molecule has 0 bridgehead atoms. The Kier molecular flexibility index (Phi) is 6.82. The maximum Gasteiger partial charge on any atom is 0.325 e. The highest BCUT2D eigenvalue weighted by Gasteiger charge is 2.52. The van der Waals surface area contributed by atoms with Crippen LogP contribution in [0.5, 0.6) is 0 Å². The van der Waals surface area contributed by atoms with Gasteiger partial charge in [-0.1, -0.05) is 78.9 Å². The van der Waals surface area contributed by atoms with Crippen molar-refractivity contribution in [2.75, 3.05) is 13.2 Å². The lowest BCUT2D eigenvalue weighted by molar-refractivity contribution is -0.133. The molecule has 1 aliphatic heterocycles. The van der Waals surface area contributed by atoms with E-state index in [1.54, 1.807) is 30.3 Å². The fraction of sp³-hybridized carbons (Fsp3) is 0.231. The fourth-order valence-electron chi connectivity index (χ4n) is 4.02. The molecule has 7 heteroatoms. The van der Waals surface area contributed by atoms with Gasteiger partial charge in [0.1, 0.15) is 5.82 Å². The first-order valence-electron chi connectivity index (χ1n) is 10.7. The summed E-state index contributed by atoms with van der Waals surface area (Å²) >= 11 is 0. The molecule has 33 heavy (non-hydrogen) atoms. The molecule has 0 aromatic heterocycles. The zero-order valence-electron chi connectivity index (χ0n) is 18.0. The van der Waals surface area contributed by atoms with Gasteiger partial charge in [0.05, 0.1) is 25.9 Å². The Morgan fingerprint density at radius 1 is 0.939 bits per heavy atom. The first kappa shape index (κ1) is 22.6. The second-order valence-corrected chi connectivity index (χ2v) is 8.04. The molecule has 3 aromatic carbocycles. The summed E-state index contributed by atoms with van der Waals surface area (Å²) in [6.07, 6.45) is -0.839. The summed E-state index contributed by atoms with van der Waals surface area (Å²) in [6, 6.07) is 24.2. The van der Waals surface area contributed by atoms with Gasteiger partial charge in [-0.3, -0.25) is 9.69 Å². The number of nitrogens with zero attached hydrogens (tertiary/aromatic N) is 1. The summed E-state index contributed by atoms with van der Waals surface area (Å²) in [5.41, 5.74) is 0.657. The summed E-state index contributed by atoms with van der Waals surface area (Å²) in [6.45, 7) is -0.403. The third kappa shape index (κ3) is 4.94. The summed E-state index contributed by atoms with van der Waals surface area (Å²) < 4.78 is 19.1. The second kappa shape index (κ2) is 9.94. The van der Waals surface area contributed by atoms with Crippen molar-refractivity contribution < 1.29 is 23.8 Å². The average Bonchev–Trinajstić information content (AvgIpc) is 3.06. The summed E-state index contributed by atoms with van der Waals surface area (Å²) in [7, 11) is 0. The zero-order chi connectivity index (χ0) is 23.3. The van der Waals surface area contributed by atoms with Crippen molar-refractivity contribution in [3.05, 3.63) is 107 Å². The number of nitrogens with one attached hydrogen (secondary N) is 1. The molecular formula is C26H25FN2O4. The van der Waals surface area contributed by atoms with Gasteiger partial charge in [-0.2, -0.15) is 0 Å². The topological polar surface area (TPSA) is 78.9 Å². The van der Waals surface area contributed by atoms with E-state index in [2.05, 4.69) is 5.32 Å². The highest BCUT2D eigenvalue weighted by Crippen LogP contribution is 2.33. The first-order valence-corrected chi connectivity index (χ1v) is 10.7. The molecule has 2 unspecified atom stereocenters. The van der Waals surface area contributed by atoms with Gasteiger partial charge >= 0.3 is 6.03 Å². The van der Waals surface area contributed by atoms with Crippen molar-refractivity contribution in [3.63, 3.8) is 0 Å². The normalized spacial score (nSPS) is 18.9. The molecule has 4 rings (SSSR count). The smallest absolute Gasteiger partial charge is 0.325 e. The Bertz CT molecular complexity index is 1110. The van der Waals surface area contributed by atoms with Crippen molar-refractivity contribution in [1.82, 2.24) is 10.2 Å². The number of imide groups is 1. The molecule has 0 spiro atoms. The highest BCUT2D eigenvalue weighted by atomic mass is 19.1. The molecular weight excluding hydrogens is 423 g/mol. The molecule has 0 aliphatic carbocycles. The minimum atomic E-state index is -1.27. The third-order valence-electron chi connectivity index (χ3n) is 5.67. The van der Waals surface area contributed by atoms with Crippen molar-refractivity contribution in [2.24, 2.45) is 0 Å². The number of aliphatic hydroxyl groups excluding tert-OH is 1. The molecule has 170 valence electrons. The largest absolute Gasteiger partial charge is 0.389 e. The van der Waals surface area contributed by atoms with E-state index < -0.39 is 29.4 Å². The molecule has 1 fully saturated rings. The number of carbonyl (C=O) groups is 2. The van der Waals surface area contributed by atoms with E-state index in [1.807, 2.05) is 48.5 Å². The predicted octanol–water partition coefficient (Wildman–Crippen LogP) is 3.39. The number of hydrogen-bond donors (Lipinski definition) is 2. The van der Waals surface area contributed by atoms with E-state index >= 15 is 0 Å². The van der Waals surface area contributed by atoms with Crippen LogP contribution in [0.25, 0.3) is 0 Å². The predicted molar refractivity (Wildman–Crippen MR) is 121 cm³/mol. The third-order valence-corrected chi connectivity index (χ3v) is 5.67. The van der Waals surface area contributed by atoms with Gasteiger partial charge in [0.2, 0.25) is 0 Å². The summed E-state index contributed by atoms with van der Waals surface area (Å²) in [5.74, 6) is -0.828. The Labute approximate surface area is 191 Å². The number of urea groups is 1. The van der Waals surface area contributed by atoms with Crippen LogP contribution in [0.4, 0.5) is 9.18 Å². The van der Waals surface area contributed by atoms with Crippen LogP contribution in [-0.2, 0) is 28.1 Å². The number of hydrogen-bond acceptors (Lipinski definition) is 4. The quantitative estimate of drug-likeness (QED) is 0.492. The monoisotopic (exact) mass is 448 g/mol. The van der Waals surface area contributed by atoms with Gasteiger partial charge in [-0.15, -0.1) is 0 Å². The van der Waals surface area contributed by atoms with Crippen LogP contribution in [0.1, 0.15) is 16.7 Å². The number of ether oxygens (including phenoxy) is 1. The van der Waals surface area contributed by atoms with Gasteiger partial charge in [-0.25, -0.2) is 9.18 Å². The van der Waals surface area contributed by atoms with Gasteiger partial charge in [0.25, 0.3) is 5.91 Å². The number of aliphatic hydroxyl groups is 1. The van der Waals surface area contributed by atoms with Crippen LogP contribution in [0.2, 0.25) is 0 Å². The average molecular weight is 448 g/mol. The number of halogens is 1. The summed E-state index contributed by atoms with van der Waals surface area (Å²) in [5, 5.41) is 13.3. The molecule has 1 saturated heterocycles. The number of amides is 3. The van der Waals surface area contributed by atoms with Crippen LogP contribution in [0.3, 0.4) is 0 Å². The Morgan fingerprint density at radius 2 is 1.58 bits per heavy atom. The van der Waals surface area contributed by atoms with Crippen LogP contribution >= 0.6 is 0 Å². The van der Waals surface area contributed by atoms with Crippen molar-refractivity contribution in [1.29, 1.82) is 0 Å². The number of benzene rings is 3. The van der Waals surface area contributed by atoms with Crippen molar-refractivity contribution in [3.8, 4) is 0 Å². The van der Waals surface area contributed by atoms with E-state index in [9.17, 15) is 19.1 Å². The van der Waals surface area contributed by atoms with E-state index in [0.717, 1.165) is 10.5 Å². The first-order chi connectivity index (χ1) is 16.0. The van der Waals surface area contributed by atoms with Crippen molar-refractivity contribution >= 4 is 11.9 Å². The van der Waals surface area contributed by atoms with Crippen LogP contribution in [0, 0.1) is 5.82 Å². The second-order valence-electron chi connectivity index (χ2n) is 8.04. The molecule has 0 radical (unpaired) electrons. The minimum absolute atomic E-state index is 0.0220. The number of carbonyl (C=O) groups excluding carboxylic acids is 2. The van der Waals surface area contributed by atoms with E-state index in [1.165, 1.54) is 6.07 Å². The van der Waals surface area contributed by atoms with E-state index in [0.29, 0.717) is 11.1 Å². The lowest BCUT2D eigenvalue weighted by Crippen LogP contribution is -2.46. The van der Waals surface area contributed by atoms with Crippen LogP contribution < -0.4 is 5.32 Å². The van der Waals surface area contributed by atoms with Gasteiger partial charge < -0.3 is 15.2 Å². The Balaban J connectivity index is 1.47. The summed E-state index contributed by atoms with van der Waals surface area (Å²) in [4.78, 5) is 27.4. The molecule has 2 N–H and O–H groups in total. The van der Waals surface area contributed by atoms with E-state index in [4.69, 9.17) is 4.74 Å². The maximum atomic E-state index is 13.7. The fourth-order valence-corrected chi connectivity index (χ4v) is 4.02. The number of rotatable bonds is 9. The Hall–Kier alpha value is -3.55. The lowest BCUT2D eigenvalue weighted by Gasteiger charge is -2.28. The van der Waals surface area contributed by atoms with Crippen molar-refractivity contribution in [2.45, 2.75) is 24.7 Å². The lowest BCUT2D eigenvalue weighted by atomic mass is 9.83. The molecule has 1 heterocycles. The Morgan fingerprint density at radius 3 is 2.27 bits per heavy atom. The standard InChI is InChI=1S/C26H25FN2O4/c27-23-14-8-7-11-20(23)17-33-18-22(30)16-29-24(31)26(28-25(29)32,21-12-5-2-6-13-21)15-19-9-3-1-4-10-19/h1-14,22,30H,15-18H2,(H,28,32). The molecule has 1 aliphatic rings. The molecule has 0 saturated carbocycles. The van der Waals surface area contributed by atoms with Gasteiger partial charge in [0, 0.05) is 12.0 Å².